The summed E-state index contributed by atoms with van der Waals surface area (Å²) in [5.74, 6) is -2.79. The molecule has 109 heavy (non-hydrogen) atoms. The monoisotopic (exact) mass is 1640 g/mol. The van der Waals surface area contributed by atoms with Crippen LogP contribution in [0.2, 0.25) is 0 Å². The van der Waals surface area contributed by atoms with Gasteiger partial charge in [0, 0.05) is 89.2 Å². The van der Waals surface area contributed by atoms with Crippen molar-refractivity contribution in [1.29, 1.82) is 10.5 Å². The summed E-state index contributed by atoms with van der Waals surface area (Å²) in [4.78, 5) is 102. The van der Waals surface area contributed by atoms with Gasteiger partial charge in [-0.2, -0.15) is 13.7 Å². The average molecular weight is 1640 g/mol. The topological polar surface area (TPSA) is 587 Å². The molecule has 0 bridgehead atoms. The van der Waals surface area contributed by atoms with Gasteiger partial charge in [-0.1, -0.05) is 56.3 Å². The molecule has 0 aromatic heterocycles. The number of aryl methyl sites for hydroxylation is 7. The van der Waals surface area contributed by atoms with Crippen LogP contribution < -0.4 is 86.7 Å². The number of carboxylic acids is 2. The zero-order valence-electron chi connectivity index (χ0n) is 61.8. The Labute approximate surface area is 703 Å². The maximum atomic E-state index is 11.0. The van der Waals surface area contributed by atoms with E-state index < -0.39 is 66.6 Å². The van der Waals surface area contributed by atoms with E-state index in [1.807, 2.05) is 45.9 Å². The number of benzene rings is 7. The standard InChI is InChI=1S/C10H11NO4.C10H13NO2.C9H8N2O2.C9H11NO5S.C9H9NO4.C8H7NO4.C8H9NO3.C2H6.CH3ClO2S.CN.ClH.K.Na.H2O/c1-7-3-4-9(11(13)14)5-8(7)6-10(12)15-2;1-7-3-4-9(11)5-8(7)6-10(12)13-2;1-7-2-3-9(11(12)13)6-8(7)4-5-10;1-7-3-4-9(10(11)12)5-8(7)6-15-16(2,13)14;1-6-2-3-8(10(13)14)4-7(6)5-9(11)12;1-5-2-3-6(9(12)13)4-7(5)8(10)11;1-6-2-3-8(9(11)12)4-7(6)5-10;1-2;1-5(2,3)4;1-2;;;;/h3-5H,6H2,1-2H3;3-5H,6,11H2,1-2H3;2-3,6H,4H2,1H3;3-5H,6H2,1-2H3;2-4H,5H2,1H3,(H,11,12);2-4H,1H3,(H,10,11);2-4,10H,5H2,1H3;1-2H3;1H3;;1H;;;1H2/q;;;;;;;;;-1;;2*+1;/p-1. The number of hydrogen-bond donors (Lipinski definition) is 4. The fourth-order valence-electron chi connectivity index (χ4n) is 7.46. The number of carbonyl (C=O) groups is 4. The third kappa shape index (κ3) is 49.3. The van der Waals surface area contributed by atoms with Crippen LogP contribution in [0.1, 0.15) is 96.5 Å². The number of aromatic carboxylic acids is 1. The van der Waals surface area contributed by atoms with Crippen LogP contribution in [0.3, 0.4) is 0 Å². The minimum Gasteiger partial charge on any atom is -0.870 e. The number of nitrogens with two attached hydrogens (primary N) is 1. The summed E-state index contributed by atoms with van der Waals surface area (Å²) in [6.45, 7) is 20.8. The van der Waals surface area contributed by atoms with Crippen LogP contribution in [0.5, 0.6) is 0 Å². The molecule has 0 atom stereocenters. The van der Waals surface area contributed by atoms with Gasteiger partial charge >= 0.3 is 105 Å². The number of hydrogen-bond acceptors (Lipinski definition) is 28. The molecule has 7 rings (SSSR count). The third-order valence-corrected chi connectivity index (χ3v) is 13.6. The molecule has 0 aliphatic rings. The second-order valence-corrected chi connectivity index (χ2v) is 25.5. The summed E-state index contributed by atoms with van der Waals surface area (Å²) in [6.07, 6.45) is 2.23. The fourth-order valence-corrected chi connectivity index (χ4v) is 7.81. The van der Waals surface area contributed by atoms with Crippen LogP contribution in [0.4, 0.5) is 39.8 Å². The number of esters is 2. The van der Waals surface area contributed by atoms with Crippen molar-refractivity contribution in [3.05, 3.63) is 273 Å². The normalized spacial score (nSPS) is 9.36. The largest absolute Gasteiger partial charge is 1.00 e. The first-order valence-electron chi connectivity index (χ1n) is 29.6. The first kappa shape index (κ1) is 113. The molecule has 42 heteroatoms. The van der Waals surface area contributed by atoms with Gasteiger partial charge in [0.25, 0.3) is 44.2 Å². The van der Waals surface area contributed by atoms with Crippen molar-refractivity contribution in [1.82, 2.24) is 0 Å². The number of ether oxygens (including phenoxy) is 2. The maximum Gasteiger partial charge on any atom is 1.00 e. The number of nitro benzene ring substituents is 6. The number of aliphatic hydroxyl groups is 1. The van der Waals surface area contributed by atoms with Crippen molar-refractivity contribution in [2.75, 3.05) is 32.5 Å². The summed E-state index contributed by atoms with van der Waals surface area (Å²) in [5, 5.41) is 103. The maximum absolute atomic E-state index is 11.0. The summed E-state index contributed by atoms with van der Waals surface area (Å²) in [5.41, 5.74) is 15.4. The molecule has 0 spiro atoms. The van der Waals surface area contributed by atoms with Crippen LogP contribution in [0, 0.1) is 132 Å². The number of nitrogens with zero attached hydrogens (tertiary/aromatic N) is 8. The molecule has 6 N–H and O–H groups in total. The molecule has 0 aliphatic heterocycles. The van der Waals surface area contributed by atoms with Crippen molar-refractivity contribution in [2.24, 2.45) is 0 Å². The molecule has 0 amide bonds. The first-order valence-corrected chi connectivity index (χ1v) is 34.2. The van der Waals surface area contributed by atoms with E-state index in [0.29, 0.717) is 33.5 Å². The second kappa shape index (κ2) is 58.6. The van der Waals surface area contributed by atoms with E-state index in [9.17, 15) is 96.7 Å². The first-order chi connectivity index (χ1) is 48.8. The number of anilines is 1. The second-order valence-electron chi connectivity index (χ2n) is 20.8. The molecule has 0 heterocycles. The minimum atomic E-state index is -3.54. The third-order valence-electron chi connectivity index (χ3n) is 13.1. The van der Waals surface area contributed by atoms with Crippen LogP contribution in [-0.4, -0.2) is 118 Å². The van der Waals surface area contributed by atoms with Crippen molar-refractivity contribution in [3.63, 3.8) is 0 Å². The zero-order chi connectivity index (χ0) is 81.8. The Morgan fingerprint density at radius 3 is 1.05 bits per heavy atom. The Morgan fingerprint density at radius 2 is 0.752 bits per heavy atom. The summed E-state index contributed by atoms with van der Waals surface area (Å²) in [7, 11) is 0.431. The number of aliphatic hydroxyl groups excluding tert-OH is 1. The van der Waals surface area contributed by atoms with Crippen LogP contribution in [-0.2, 0) is 86.1 Å². The molecule has 0 radical (unpaired) electrons. The van der Waals surface area contributed by atoms with Crippen molar-refractivity contribution in [3.8, 4) is 6.07 Å². The molecular weight excluding hydrogens is 1560 g/mol. The van der Waals surface area contributed by atoms with E-state index in [0.717, 1.165) is 63.1 Å². The number of halogens is 2. The van der Waals surface area contributed by atoms with E-state index in [-0.39, 0.29) is 183 Å². The number of methoxy groups -OCH3 is 2. The smallest absolute Gasteiger partial charge is 0.870 e. The molecule has 7 aromatic carbocycles. The zero-order valence-corrected chi connectivity index (χ0v) is 70.1. The van der Waals surface area contributed by atoms with Gasteiger partial charge < -0.3 is 47.8 Å². The number of rotatable bonds is 18. The van der Waals surface area contributed by atoms with Gasteiger partial charge in [0.15, 0.2) is 0 Å². The van der Waals surface area contributed by atoms with Gasteiger partial charge in [0.1, 0.15) is 0 Å². The van der Waals surface area contributed by atoms with Gasteiger partial charge in [-0.3, -0.25) is 79.3 Å². The molecule has 0 unspecified atom stereocenters. The number of nitriles is 1. The average Bonchev–Trinajstić information content (AvgIpc) is 1.00. The molecule has 0 saturated carbocycles. The molecular formula is C67H79Cl2KN9NaO27S2. The van der Waals surface area contributed by atoms with Gasteiger partial charge in [-0.05, 0) is 133 Å². The number of nitrogen functional groups attached to an aromatic ring is 1. The Balaban J connectivity index is -0.000000217. The summed E-state index contributed by atoms with van der Waals surface area (Å²) in [6, 6.07) is 33.1. The minimum absolute atomic E-state index is 0. The van der Waals surface area contributed by atoms with E-state index in [1.54, 1.807) is 71.0 Å². The molecule has 0 fully saturated rings. The van der Waals surface area contributed by atoms with Crippen LogP contribution in [0.15, 0.2) is 127 Å². The molecule has 582 valence electrons. The molecule has 0 saturated heterocycles. The molecule has 0 aliphatic carbocycles. The van der Waals surface area contributed by atoms with E-state index in [2.05, 4.69) is 24.3 Å². The Morgan fingerprint density at radius 1 is 0.495 bits per heavy atom. The molecule has 7 aromatic rings. The Bertz CT molecular complexity index is 4510. The number of carbonyl (C=O) groups excluding carboxylic acids is 2. The van der Waals surface area contributed by atoms with Crippen molar-refractivity contribution < 1.29 is 181 Å². The van der Waals surface area contributed by atoms with Gasteiger partial charge in [-0.25, -0.2) is 13.2 Å². The quantitative estimate of drug-likeness (QED) is 0.0106. The Hall–Kier alpha value is -9.40. The van der Waals surface area contributed by atoms with E-state index in [1.165, 1.54) is 87.0 Å². The van der Waals surface area contributed by atoms with Crippen LogP contribution >= 0.6 is 23.1 Å². The number of nitro groups is 6. The van der Waals surface area contributed by atoms with Crippen molar-refractivity contribution in [2.45, 2.75) is 101 Å². The van der Waals surface area contributed by atoms with E-state index >= 15 is 0 Å². The molecule has 36 nitrogen and oxygen atoms in total. The number of aliphatic carboxylic acids is 1. The van der Waals surface area contributed by atoms with Gasteiger partial charge in [0.2, 0.25) is 9.05 Å². The van der Waals surface area contributed by atoms with Crippen molar-refractivity contribution >= 4 is 106 Å². The summed E-state index contributed by atoms with van der Waals surface area (Å²) < 4.78 is 54.0. The summed E-state index contributed by atoms with van der Waals surface area (Å²) >= 11 is 0. The Kier molecular flexibility index (Phi) is 60.7. The van der Waals surface area contributed by atoms with Gasteiger partial charge in [0.05, 0.1) is 107 Å². The predicted octanol–water partition coefficient (Wildman–Crippen LogP) is 6.35. The van der Waals surface area contributed by atoms with Gasteiger partial charge in [-0.15, -0.1) is 12.4 Å². The van der Waals surface area contributed by atoms with E-state index in [4.69, 9.17) is 38.1 Å². The number of carboxylic acid groups (broad SMARTS) is 2. The fraction of sp³-hybridized carbons (Fsp3) is 0.284. The predicted molar refractivity (Wildman–Crippen MR) is 393 cm³/mol. The SMILES string of the molecule is CC.COC(=O)Cc1cc(N)ccc1C.COC(=O)Cc1cc([N+](=O)[O-])ccc1C.CS(=O)(=O)Cl.Cc1ccc([N+](=O)[O-])cc1C(=O)O.Cc1ccc([N+](=O)[O-])cc1CC#N.Cc1ccc([N+](=O)[O-])cc1CC(=O)O.Cc1ccc([N+](=O)[O-])cc1CO.Cc1ccc([N+](=O)[O-])cc1COS(C)(=O)=O.Cl.[C-]#N.[K+].[Na+].[OH-]. The van der Waals surface area contributed by atoms with Crippen LogP contribution in [0.25, 0.3) is 0 Å². The number of non-ortho nitro benzene ring substituents is 6.